The van der Waals surface area contributed by atoms with Gasteiger partial charge in [-0.2, -0.15) is 4.79 Å². The van der Waals surface area contributed by atoms with Crippen molar-refractivity contribution in [3.8, 4) is 0 Å². The zero-order chi connectivity index (χ0) is 20.6. The van der Waals surface area contributed by atoms with Gasteiger partial charge < -0.3 is 10.3 Å². The Labute approximate surface area is 174 Å². The van der Waals surface area contributed by atoms with Crippen LogP contribution in [-0.4, -0.2) is 32.3 Å². The van der Waals surface area contributed by atoms with Crippen molar-refractivity contribution in [2.75, 3.05) is 0 Å². The van der Waals surface area contributed by atoms with Gasteiger partial charge in [0.1, 0.15) is 0 Å². The molecule has 0 amide bonds. The minimum atomic E-state index is -0.598. The number of Topliss-reactive ketones (excluding diaryl/α,β-unsaturated/α-hetero) is 1. The zero-order valence-electron chi connectivity index (χ0n) is 16.3. The normalized spacial score (nSPS) is 25.0. The number of ketones is 1. The van der Waals surface area contributed by atoms with Crippen LogP contribution in [0.1, 0.15) is 37.5 Å². The van der Waals surface area contributed by atoms with Crippen molar-refractivity contribution in [2.24, 2.45) is 11.8 Å². The zero-order valence-corrected chi connectivity index (χ0v) is 17.1. The number of carbonyl (C=O) groups excluding carboxylic acids is 2. The molecule has 0 spiro atoms. The molecule has 1 saturated heterocycles. The number of carbonyl (C=O) groups is 2. The van der Waals surface area contributed by atoms with Crippen LogP contribution in [0.4, 0.5) is 0 Å². The van der Waals surface area contributed by atoms with E-state index in [1.807, 2.05) is 74.5 Å². The highest BCUT2D eigenvalue weighted by Crippen LogP contribution is 2.55. The topological polar surface area (TPSA) is 79.8 Å². The van der Waals surface area contributed by atoms with E-state index in [-0.39, 0.29) is 22.7 Å². The van der Waals surface area contributed by atoms with Crippen molar-refractivity contribution >= 4 is 29.2 Å². The predicted octanol–water partition coefficient (Wildman–Crippen LogP) is 4.09. The quantitative estimate of drug-likeness (QED) is 0.435. The predicted molar refractivity (Wildman–Crippen MR) is 112 cm³/mol. The van der Waals surface area contributed by atoms with Gasteiger partial charge in [-0.15, -0.1) is 11.8 Å². The summed E-state index contributed by atoms with van der Waals surface area (Å²) in [6.45, 7) is 3.95. The van der Waals surface area contributed by atoms with Crippen LogP contribution >= 0.6 is 11.8 Å². The molecule has 1 aliphatic carbocycles. The molecule has 0 bridgehead atoms. The van der Waals surface area contributed by atoms with E-state index in [0.717, 1.165) is 11.1 Å². The van der Waals surface area contributed by atoms with E-state index in [1.165, 1.54) is 0 Å². The molecule has 6 heteroatoms. The monoisotopic (exact) mass is 406 g/mol. The number of esters is 1. The van der Waals surface area contributed by atoms with Crippen LogP contribution in [0, 0.1) is 11.8 Å². The summed E-state index contributed by atoms with van der Waals surface area (Å²) in [4.78, 5) is 29.3. The van der Waals surface area contributed by atoms with Crippen LogP contribution in [0.3, 0.4) is 0 Å². The first-order valence-electron chi connectivity index (χ1n) is 9.65. The molecule has 3 atom stereocenters. The van der Waals surface area contributed by atoms with Crippen LogP contribution in [0.5, 0.6) is 0 Å². The molecule has 1 aliphatic heterocycles. The van der Waals surface area contributed by atoms with E-state index >= 15 is 0 Å². The number of fused-ring (bicyclic) bond motifs is 1. The minimum Gasteiger partial charge on any atom is -0.452 e. The second kappa shape index (κ2) is 7.62. The first-order valence-corrected chi connectivity index (χ1v) is 10.5. The maximum Gasteiger partial charge on any atom is 0.335 e. The molecule has 0 aromatic heterocycles. The third kappa shape index (κ3) is 3.54. The second-order valence-electron chi connectivity index (χ2n) is 8.02. The summed E-state index contributed by atoms with van der Waals surface area (Å²) in [6, 6.07) is 19.2. The summed E-state index contributed by atoms with van der Waals surface area (Å²) in [5.41, 5.74) is 11.0. The maximum atomic E-state index is 13.4. The molecular formula is C23H22N2O3S. The summed E-state index contributed by atoms with van der Waals surface area (Å²) in [7, 11) is 0. The van der Waals surface area contributed by atoms with Gasteiger partial charge in [-0.1, -0.05) is 60.7 Å². The molecule has 4 rings (SSSR count). The Morgan fingerprint density at radius 3 is 2.17 bits per heavy atom. The van der Waals surface area contributed by atoms with E-state index in [4.69, 9.17) is 10.3 Å². The highest BCUT2D eigenvalue weighted by atomic mass is 32.2. The molecule has 0 radical (unpaired) electrons. The molecule has 2 aliphatic rings. The lowest BCUT2D eigenvalue weighted by atomic mass is 9.81. The molecule has 1 saturated carbocycles. The highest BCUT2D eigenvalue weighted by molar-refractivity contribution is 8.01. The van der Waals surface area contributed by atoms with Crippen LogP contribution < -0.4 is 0 Å². The fourth-order valence-corrected chi connectivity index (χ4v) is 6.29. The van der Waals surface area contributed by atoms with Crippen LogP contribution in [0.25, 0.3) is 5.53 Å². The van der Waals surface area contributed by atoms with E-state index in [0.29, 0.717) is 6.42 Å². The average molecular weight is 407 g/mol. The number of rotatable bonds is 4. The van der Waals surface area contributed by atoms with Gasteiger partial charge in [0.15, 0.2) is 6.10 Å². The number of hydrogen-bond acceptors (Lipinski definition) is 4. The molecule has 1 heterocycles. The highest BCUT2D eigenvalue weighted by Gasteiger charge is 2.62. The first kappa shape index (κ1) is 19.6. The maximum absolute atomic E-state index is 13.4. The Bertz CT molecular complexity index is 944. The summed E-state index contributed by atoms with van der Waals surface area (Å²) >= 11 is 1.60. The van der Waals surface area contributed by atoms with Crippen molar-refractivity contribution in [3.63, 3.8) is 0 Å². The number of ether oxygens (including phenoxy) is 1. The van der Waals surface area contributed by atoms with Crippen molar-refractivity contribution < 1.29 is 19.1 Å². The standard InChI is InChI=1S/C23H22N2O3S/c1-23(2)19(18-17(29-23)13-16(25-24)20(18)26)22(27)28-21(14-9-5-3-6-10-14)15-11-7-4-8-12-15/h3-12,17-19,21H,13H2,1-2H3/t17-,18?,19+/m1/s1. The Balaban J connectivity index is 1.67. The SMILES string of the molecule is CC1(C)S[C@@H]2CC(=[N+]=[N-])C(=O)C2[C@H]1C(=O)OC(c1ccccc1)c1ccccc1. The van der Waals surface area contributed by atoms with Crippen LogP contribution in [0.15, 0.2) is 60.7 Å². The van der Waals surface area contributed by atoms with Crippen molar-refractivity contribution in [3.05, 3.63) is 77.3 Å². The number of hydrogen-bond donors (Lipinski definition) is 0. The summed E-state index contributed by atoms with van der Waals surface area (Å²) < 4.78 is 5.62. The van der Waals surface area contributed by atoms with Gasteiger partial charge >= 0.3 is 11.7 Å². The van der Waals surface area contributed by atoms with Gasteiger partial charge in [0.05, 0.1) is 18.3 Å². The summed E-state index contributed by atoms with van der Waals surface area (Å²) in [5, 5.41) is -0.0622. The van der Waals surface area contributed by atoms with Crippen LogP contribution in [0.2, 0.25) is 0 Å². The average Bonchev–Trinajstić information content (AvgIpc) is 3.17. The molecule has 1 unspecified atom stereocenters. The van der Waals surface area contributed by atoms with Gasteiger partial charge in [-0.3, -0.25) is 9.59 Å². The van der Waals surface area contributed by atoms with Crippen molar-refractivity contribution in [2.45, 2.75) is 36.4 Å². The number of benzene rings is 2. The molecule has 5 nitrogen and oxygen atoms in total. The summed E-state index contributed by atoms with van der Waals surface area (Å²) in [5.74, 6) is -1.74. The summed E-state index contributed by atoms with van der Waals surface area (Å²) in [6.07, 6.45) is -0.161. The Morgan fingerprint density at radius 1 is 1.10 bits per heavy atom. The largest absolute Gasteiger partial charge is 0.452 e. The Morgan fingerprint density at radius 2 is 1.66 bits per heavy atom. The lowest BCUT2D eigenvalue weighted by Crippen LogP contribution is -2.39. The number of nitrogens with zero attached hydrogens (tertiary/aromatic N) is 2. The van der Waals surface area contributed by atoms with E-state index in [9.17, 15) is 9.59 Å². The molecule has 0 N–H and O–H groups in total. The molecule has 29 heavy (non-hydrogen) atoms. The van der Waals surface area contributed by atoms with Gasteiger partial charge in [0, 0.05) is 10.00 Å². The lowest BCUT2D eigenvalue weighted by molar-refractivity contribution is -0.156. The molecule has 148 valence electrons. The van der Waals surface area contributed by atoms with Gasteiger partial charge in [-0.25, -0.2) is 0 Å². The van der Waals surface area contributed by atoms with Gasteiger partial charge in [0.2, 0.25) is 5.78 Å². The Hall–Kier alpha value is -2.69. The van der Waals surface area contributed by atoms with E-state index < -0.39 is 22.7 Å². The van der Waals surface area contributed by atoms with Gasteiger partial charge in [0.25, 0.3) is 0 Å². The second-order valence-corrected chi connectivity index (χ2v) is 9.91. The molecule has 2 fully saturated rings. The third-order valence-corrected chi connectivity index (χ3v) is 7.38. The first-order chi connectivity index (χ1) is 13.9. The molecular weight excluding hydrogens is 384 g/mol. The molecule has 2 aromatic carbocycles. The van der Waals surface area contributed by atoms with Gasteiger partial charge in [-0.05, 0) is 25.0 Å². The number of thioether (sulfide) groups is 1. The Kier molecular flexibility index (Phi) is 5.15. The fourth-order valence-electron chi connectivity index (χ4n) is 4.45. The minimum absolute atomic E-state index is 0.0622. The smallest absolute Gasteiger partial charge is 0.335 e. The van der Waals surface area contributed by atoms with Crippen molar-refractivity contribution in [1.82, 2.24) is 0 Å². The third-order valence-electron chi connectivity index (χ3n) is 5.76. The van der Waals surface area contributed by atoms with E-state index in [1.54, 1.807) is 11.8 Å². The van der Waals surface area contributed by atoms with Crippen LogP contribution in [-0.2, 0) is 14.3 Å². The fraction of sp³-hybridized carbons (Fsp3) is 0.348. The molecule has 2 aromatic rings. The van der Waals surface area contributed by atoms with E-state index in [2.05, 4.69) is 4.79 Å². The van der Waals surface area contributed by atoms with Crippen molar-refractivity contribution in [1.29, 1.82) is 0 Å². The lowest BCUT2D eigenvalue weighted by Gasteiger charge is -2.29.